The van der Waals surface area contributed by atoms with Gasteiger partial charge >= 0.3 is 0 Å². The third-order valence-corrected chi connectivity index (χ3v) is 6.50. The fraction of sp³-hybridized carbons (Fsp3) is 0.609. The third kappa shape index (κ3) is 18.7. The van der Waals surface area contributed by atoms with Crippen molar-refractivity contribution in [2.24, 2.45) is 5.92 Å². The van der Waals surface area contributed by atoms with Crippen molar-refractivity contribution in [3.63, 3.8) is 0 Å². The zero-order valence-electron chi connectivity index (χ0n) is 17.6. The zero-order valence-corrected chi connectivity index (χ0v) is 18.5. The largest absolute Gasteiger partial charge is 0.218 e. The monoisotopic (exact) mass is 385 g/mol. The Morgan fingerprint density at radius 3 is 1.48 bits per heavy atom. The van der Waals surface area contributed by atoms with Gasteiger partial charge in [-0.25, -0.2) is 0 Å². The Bertz CT molecular complexity index is 508. The van der Waals surface area contributed by atoms with E-state index in [0.717, 1.165) is 0 Å². The second kappa shape index (κ2) is 22.2. The molecule has 27 heavy (non-hydrogen) atoms. The number of hydrogen-bond acceptors (Lipinski definition) is 3. The summed E-state index contributed by atoms with van der Waals surface area (Å²) < 4.78 is 0. The molecule has 0 aliphatic rings. The minimum absolute atomic E-state index is 0.251. The van der Waals surface area contributed by atoms with Gasteiger partial charge in [0.05, 0.1) is 18.2 Å². The number of benzene rings is 1. The summed E-state index contributed by atoms with van der Waals surface area (Å²) in [5, 5.41) is 23.5. The first kappa shape index (κ1) is 27.3. The van der Waals surface area contributed by atoms with Crippen molar-refractivity contribution < 1.29 is 0 Å². The predicted molar refractivity (Wildman–Crippen MR) is 118 cm³/mol. The van der Waals surface area contributed by atoms with Crippen molar-refractivity contribution in [3.8, 4) is 18.2 Å². The normalized spacial score (nSPS) is 9.15. The van der Waals surface area contributed by atoms with Crippen LogP contribution < -0.4 is 0 Å². The molecule has 0 aromatic heterocycles. The van der Waals surface area contributed by atoms with E-state index >= 15 is 0 Å². The van der Waals surface area contributed by atoms with Gasteiger partial charge in [-0.15, -0.1) is 7.92 Å². The van der Waals surface area contributed by atoms with Gasteiger partial charge in [0.15, 0.2) is 0 Å². The van der Waals surface area contributed by atoms with Gasteiger partial charge < -0.3 is 0 Å². The Hall–Kier alpha value is -1.88. The average Bonchev–Trinajstić information content (AvgIpc) is 2.72. The molecule has 0 unspecified atom stereocenters. The molecule has 0 aliphatic heterocycles. The molecule has 0 atom stereocenters. The summed E-state index contributed by atoms with van der Waals surface area (Å²) >= 11 is 0. The van der Waals surface area contributed by atoms with Crippen molar-refractivity contribution in [3.05, 3.63) is 35.9 Å². The molecule has 0 radical (unpaired) electrons. The summed E-state index contributed by atoms with van der Waals surface area (Å²) in [4.78, 5) is 0. The Morgan fingerprint density at radius 2 is 1.19 bits per heavy atom. The molecule has 0 bridgehead atoms. The smallest absolute Gasteiger partial charge is 0.196 e. The number of nitriles is 3. The number of rotatable bonds is 9. The molecule has 1 aromatic rings. The first-order valence-electron chi connectivity index (χ1n) is 10.1. The van der Waals surface area contributed by atoms with E-state index in [2.05, 4.69) is 58.0 Å². The van der Waals surface area contributed by atoms with E-state index in [1.54, 1.807) is 5.56 Å². The minimum Gasteiger partial charge on any atom is -0.196 e. The molecule has 0 N–H and O–H groups in total. The van der Waals surface area contributed by atoms with Crippen molar-refractivity contribution in [1.29, 1.82) is 15.8 Å². The second-order valence-electron chi connectivity index (χ2n) is 6.29. The third-order valence-electron chi connectivity index (χ3n) is 3.79. The van der Waals surface area contributed by atoms with E-state index in [1.165, 1.54) is 75.2 Å². The van der Waals surface area contributed by atoms with Crippen molar-refractivity contribution in [2.45, 2.75) is 72.4 Å². The van der Waals surface area contributed by atoms with Crippen LogP contribution in [0.5, 0.6) is 0 Å². The molecule has 0 saturated carbocycles. The molecule has 1 aromatic carbocycles. The highest BCUT2D eigenvalue weighted by molar-refractivity contribution is 7.56. The summed E-state index contributed by atoms with van der Waals surface area (Å²) in [5.41, 5.74) is 1.54. The SMILES string of the molecule is CCCC.CCCCP(CCCC)Cc1ccccc1.N#CC(C#N)C#N. The Balaban J connectivity index is 0. The maximum Gasteiger partial charge on any atom is 0.218 e. The van der Waals surface area contributed by atoms with E-state index in [4.69, 9.17) is 15.8 Å². The van der Waals surface area contributed by atoms with Crippen molar-refractivity contribution >= 4 is 7.92 Å². The first-order valence-corrected chi connectivity index (χ1v) is 12.0. The van der Waals surface area contributed by atoms with Gasteiger partial charge in [-0.05, 0) is 36.9 Å². The Kier molecular flexibility index (Phi) is 22.4. The number of unbranched alkanes of at least 4 members (excludes halogenated alkanes) is 3. The molecule has 0 saturated heterocycles. The van der Waals surface area contributed by atoms with Gasteiger partial charge in [-0.2, -0.15) is 15.8 Å². The summed E-state index contributed by atoms with van der Waals surface area (Å²) in [6, 6.07) is 15.5. The molecule has 148 valence electrons. The first-order chi connectivity index (χ1) is 13.1. The highest BCUT2D eigenvalue weighted by Crippen LogP contribution is 2.41. The minimum atomic E-state index is -1.10. The standard InChI is InChI=1S/C15H25P.C4HN3.C4H10/c1-3-5-12-16(13-6-4-2)14-15-10-8-7-9-11-15;5-1-4(2-6)3-7;1-3-4-2/h7-11H,3-6,12-14H2,1-2H3;4H;3-4H2,1-2H3. The lowest BCUT2D eigenvalue weighted by atomic mass is 10.2. The zero-order chi connectivity index (χ0) is 20.8. The van der Waals surface area contributed by atoms with Crippen LogP contribution in [0.25, 0.3) is 0 Å². The number of hydrogen-bond donors (Lipinski definition) is 0. The lowest BCUT2D eigenvalue weighted by molar-refractivity contribution is 0.865. The van der Waals surface area contributed by atoms with Gasteiger partial charge in [0.1, 0.15) is 0 Å². The average molecular weight is 386 g/mol. The summed E-state index contributed by atoms with van der Waals surface area (Å²) in [6.45, 7) is 8.96. The Morgan fingerprint density at radius 1 is 0.741 bits per heavy atom. The maximum atomic E-state index is 7.83. The summed E-state index contributed by atoms with van der Waals surface area (Å²) in [5.74, 6) is -1.10. The quantitative estimate of drug-likeness (QED) is 0.420. The van der Waals surface area contributed by atoms with E-state index in [1.807, 2.05) is 0 Å². The van der Waals surface area contributed by atoms with Crippen LogP contribution in [-0.4, -0.2) is 12.3 Å². The van der Waals surface area contributed by atoms with Crippen LogP contribution in [0.4, 0.5) is 0 Å². The van der Waals surface area contributed by atoms with Crippen LogP contribution in [0.3, 0.4) is 0 Å². The lowest BCUT2D eigenvalue weighted by Crippen LogP contribution is -1.94. The summed E-state index contributed by atoms with van der Waals surface area (Å²) in [6.07, 6.45) is 12.5. The highest BCUT2D eigenvalue weighted by atomic mass is 31.1. The van der Waals surface area contributed by atoms with Gasteiger partial charge in [-0.3, -0.25) is 0 Å². The summed E-state index contributed by atoms with van der Waals surface area (Å²) in [7, 11) is 0.251. The van der Waals surface area contributed by atoms with Crippen LogP contribution in [0.1, 0.15) is 71.8 Å². The molecule has 1 rings (SSSR count). The van der Waals surface area contributed by atoms with E-state index in [-0.39, 0.29) is 7.92 Å². The highest BCUT2D eigenvalue weighted by Gasteiger charge is 2.07. The van der Waals surface area contributed by atoms with E-state index < -0.39 is 5.92 Å². The molecule has 0 aliphatic carbocycles. The maximum absolute atomic E-state index is 7.83. The van der Waals surface area contributed by atoms with Gasteiger partial charge in [0.25, 0.3) is 0 Å². The molecule has 3 nitrogen and oxygen atoms in total. The van der Waals surface area contributed by atoms with Gasteiger partial charge in [0, 0.05) is 0 Å². The molecule has 0 spiro atoms. The predicted octanol–water partition coefficient (Wildman–Crippen LogP) is 7.25. The van der Waals surface area contributed by atoms with Crippen molar-refractivity contribution in [1.82, 2.24) is 0 Å². The molecular weight excluding hydrogens is 349 g/mol. The molecule has 4 heteroatoms. The molecule has 0 amide bonds. The van der Waals surface area contributed by atoms with E-state index in [0.29, 0.717) is 0 Å². The van der Waals surface area contributed by atoms with Gasteiger partial charge in [-0.1, -0.05) is 83.7 Å². The number of nitrogens with zero attached hydrogens (tertiary/aromatic N) is 3. The topological polar surface area (TPSA) is 71.4 Å². The molecule has 0 heterocycles. The van der Waals surface area contributed by atoms with Crippen molar-refractivity contribution in [2.75, 3.05) is 12.3 Å². The van der Waals surface area contributed by atoms with Crippen LogP contribution >= 0.6 is 7.92 Å². The Labute approximate surface area is 168 Å². The van der Waals surface area contributed by atoms with Crippen LogP contribution in [-0.2, 0) is 6.16 Å². The lowest BCUT2D eigenvalue weighted by Gasteiger charge is -2.17. The molecular formula is C23H36N3P. The van der Waals surface area contributed by atoms with E-state index in [9.17, 15) is 0 Å². The molecule has 0 fully saturated rings. The second-order valence-corrected chi connectivity index (χ2v) is 8.84. The van der Waals surface area contributed by atoms with Gasteiger partial charge in [0.2, 0.25) is 5.92 Å². The fourth-order valence-corrected chi connectivity index (χ4v) is 4.76. The fourth-order valence-electron chi connectivity index (χ4n) is 1.96. The van der Waals surface area contributed by atoms with Crippen LogP contribution in [0.2, 0.25) is 0 Å². The van der Waals surface area contributed by atoms with Crippen LogP contribution in [0, 0.1) is 39.9 Å². The van der Waals surface area contributed by atoms with Crippen LogP contribution in [0.15, 0.2) is 30.3 Å².